The normalized spacial score (nSPS) is 18.4. The first-order chi connectivity index (χ1) is 17.2. The zero-order valence-corrected chi connectivity index (χ0v) is 20.1. The molecule has 2 aromatic heterocycles. The molecule has 3 rings (SSSR count). The van der Waals surface area contributed by atoms with Gasteiger partial charge in [-0.1, -0.05) is 45.4 Å². The van der Waals surface area contributed by atoms with Crippen LogP contribution < -0.4 is 9.47 Å². The molecule has 1 aliphatic heterocycles. The smallest absolute Gasteiger partial charge is 0.429 e. The van der Waals surface area contributed by atoms with Gasteiger partial charge in [-0.15, -0.1) is 0 Å². The number of unbranched alkanes of at least 4 members (excludes halogenated alkanes) is 5. The molecule has 2 atom stereocenters. The van der Waals surface area contributed by atoms with Crippen molar-refractivity contribution >= 4 is 0 Å². The molecule has 3 heterocycles. The molecular formula is C25H30F4N4O3. The van der Waals surface area contributed by atoms with Gasteiger partial charge in [-0.3, -0.25) is 0 Å². The summed E-state index contributed by atoms with van der Waals surface area (Å²) < 4.78 is 72.8. The van der Waals surface area contributed by atoms with Crippen LogP contribution in [0.5, 0.6) is 11.5 Å². The second-order valence-corrected chi connectivity index (χ2v) is 8.84. The fourth-order valence-electron chi connectivity index (χ4n) is 3.97. The van der Waals surface area contributed by atoms with E-state index in [4.69, 9.17) is 14.7 Å². The van der Waals surface area contributed by atoms with Crippen LogP contribution in [-0.2, 0) is 10.8 Å². The first-order valence-corrected chi connectivity index (χ1v) is 12.2. The van der Waals surface area contributed by atoms with E-state index in [-0.39, 0.29) is 30.5 Å². The Morgan fingerprint density at radius 1 is 0.944 bits per heavy atom. The highest BCUT2D eigenvalue weighted by Gasteiger charge is 2.45. The van der Waals surface area contributed by atoms with Gasteiger partial charge < -0.3 is 14.2 Å². The van der Waals surface area contributed by atoms with Crippen LogP contribution in [0.3, 0.4) is 0 Å². The molecule has 1 saturated heterocycles. The van der Waals surface area contributed by atoms with Gasteiger partial charge in [-0.05, 0) is 37.3 Å². The molecule has 2 unspecified atom stereocenters. The van der Waals surface area contributed by atoms with Gasteiger partial charge in [0, 0.05) is 0 Å². The Morgan fingerprint density at radius 3 is 2.25 bits per heavy atom. The first kappa shape index (κ1) is 27.6. The number of halogens is 4. The molecule has 0 aromatic carbocycles. The lowest BCUT2D eigenvalue weighted by Gasteiger charge is -2.33. The monoisotopic (exact) mass is 510 g/mol. The number of nitriles is 1. The summed E-state index contributed by atoms with van der Waals surface area (Å²) in [5, 5.41) is 8.65. The molecular weight excluding hydrogens is 480 g/mol. The van der Waals surface area contributed by atoms with Crippen molar-refractivity contribution in [2.75, 3.05) is 6.61 Å². The maximum Gasteiger partial charge on any atom is 0.444 e. The molecule has 0 spiro atoms. The van der Waals surface area contributed by atoms with E-state index in [1.165, 1.54) is 25.7 Å². The lowest BCUT2D eigenvalue weighted by Crippen LogP contribution is -2.44. The van der Waals surface area contributed by atoms with E-state index in [1.807, 2.05) is 0 Å². The highest BCUT2D eigenvalue weighted by atomic mass is 19.3. The average molecular weight is 511 g/mol. The second-order valence-electron chi connectivity index (χ2n) is 8.84. The van der Waals surface area contributed by atoms with Gasteiger partial charge in [0.05, 0.1) is 25.2 Å². The number of nitrogens with zero attached hydrogens (tertiary/aromatic N) is 4. The van der Waals surface area contributed by atoms with Gasteiger partial charge in [0.1, 0.15) is 11.8 Å². The van der Waals surface area contributed by atoms with E-state index >= 15 is 0 Å². The number of pyridine rings is 1. The predicted octanol–water partition coefficient (Wildman–Crippen LogP) is 6.39. The summed E-state index contributed by atoms with van der Waals surface area (Å²) in [5.74, 6) is -0.717. The largest absolute Gasteiger partial charge is 0.444 e. The Labute approximate surface area is 207 Å². The fraction of sp³-hybridized carbons (Fsp3) is 0.600. The summed E-state index contributed by atoms with van der Waals surface area (Å²) in [6, 6.07) is 3.45. The van der Waals surface area contributed by atoms with Gasteiger partial charge in [-0.2, -0.15) is 22.8 Å². The fourth-order valence-corrected chi connectivity index (χ4v) is 3.97. The molecule has 0 radical (unpaired) electrons. The number of ether oxygens (including phenoxy) is 3. The van der Waals surface area contributed by atoms with Crippen LogP contribution in [0.2, 0.25) is 0 Å². The molecule has 36 heavy (non-hydrogen) atoms. The van der Waals surface area contributed by atoms with Gasteiger partial charge >= 0.3 is 12.2 Å². The van der Waals surface area contributed by atoms with E-state index < -0.39 is 29.8 Å². The summed E-state index contributed by atoms with van der Waals surface area (Å²) >= 11 is 0. The van der Waals surface area contributed by atoms with Gasteiger partial charge in [-0.25, -0.2) is 15.0 Å². The molecule has 0 aliphatic carbocycles. The van der Waals surface area contributed by atoms with Crippen molar-refractivity contribution in [1.29, 1.82) is 5.26 Å². The molecule has 11 heteroatoms. The third-order valence-electron chi connectivity index (χ3n) is 5.97. The maximum atomic E-state index is 14.6. The molecule has 196 valence electrons. The molecule has 0 N–H and O–H groups in total. The highest BCUT2D eigenvalue weighted by Crippen LogP contribution is 2.35. The predicted molar refractivity (Wildman–Crippen MR) is 122 cm³/mol. The van der Waals surface area contributed by atoms with E-state index in [0.29, 0.717) is 6.42 Å². The van der Waals surface area contributed by atoms with Crippen LogP contribution in [0.1, 0.15) is 76.2 Å². The number of hydrogen-bond donors (Lipinski definition) is 0. The Kier molecular flexibility index (Phi) is 9.81. The molecule has 0 amide bonds. The third kappa shape index (κ3) is 8.01. The van der Waals surface area contributed by atoms with Crippen molar-refractivity contribution in [2.45, 2.75) is 83.0 Å². The van der Waals surface area contributed by atoms with Crippen LogP contribution in [-0.4, -0.2) is 33.8 Å². The molecule has 2 aromatic rings. The number of aromatic nitrogens is 3. The standard InChI is InChI=1S/C25H30F4N4O3/c1-2-3-4-5-6-7-8-18-9-12-22(34-17-18)25(28,29)35-19-10-11-21(31-14-19)24(26,27)36-20-15-32-23(13-30)33-16-20/h10-11,14-16,18,22H,2-9,12,17H2,1H3. The van der Waals surface area contributed by atoms with E-state index in [0.717, 1.165) is 50.0 Å². The van der Waals surface area contributed by atoms with Crippen LogP contribution in [0.4, 0.5) is 17.6 Å². The van der Waals surface area contributed by atoms with Crippen molar-refractivity contribution in [3.05, 3.63) is 42.2 Å². The van der Waals surface area contributed by atoms with Crippen molar-refractivity contribution in [2.24, 2.45) is 5.92 Å². The first-order valence-electron chi connectivity index (χ1n) is 12.2. The lowest BCUT2D eigenvalue weighted by molar-refractivity contribution is -0.265. The van der Waals surface area contributed by atoms with E-state index in [1.54, 1.807) is 6.07 Å². The SMILES string of the molecule is CCCCCCCCC1CCC(C(F)(F)Oc2ccc(C(F)(F)Oc3cnc(C#N)nc3)nc2)OC1. The Morgan fingerprint density at radius 2 is 1.64 bits per heavy atom. The summed E-state index contributed by atoms with van der Waals surface area (Å²) in [6.07, 6.45) is 2.49. The van der Waals surface area contributed by atoms with E-state index in [9.17, 15) is 17.6 Å². The van der Waals surface area contributed by atoms with Crippen LogP contribution in [0.15, 0.2) is 30.7 Å². The topological polar surface area (TPSA) is 90.2 Å². The van der Waals surface area contributed by atoms with Crippen molar-refractivity contribution in [3.63, 3.8) is 0 Å². The summed E-state index contributed by atoms with van der Waals surface area (Å²) in [4.78, 5) is 10.6. The summed E-state index contributed by atoms with van der Waals surface area (Å²) in [6.45, 7) is 2.42. The molecule has 7 nitrogen and oxygen atoms in total. The summed E-state index contributed by atoms with van der Waals surface area (Å²) in [5.41, 5.74) is -0.825. The van der Waals surface area contributed by atoms with Gasteiger partial charge in [0.25, 0.3) is 0 Å². The molecule has 0 bridgehead atoms. The maximum absolute atomic E-state index is 14.6. The van der Waals surface area contributed by atoms with Crippen molar-refractivity contribution in [3.8, 4) is 17.6 Å². The van der Waals surface area contributed by atoms with Gasteiger partial charge in [0.15, 0.2) is 17.5 Å². The average Bonchev–Trinajstić information content (AvgIpc) is 2.87. The minimum absolute atomic E-state index is 0.150. The zero-order valence-electron chi connectivity index (χ0n) is 20.1. The summed E-state index contributed by atoms with van der Waals surface area (Å²) in [7, 11) is 0. The molecule has 0 saturated carbocycles. The van der Waals surface area contributed by atoms with Crippen molar-refractivity contribution < 1.29 is 31.8 Å². The van der Waals surface area contributed by atoms with Gasteiger partial charge in [0.2, 0.25) is 5.82 Å². The number of hydrogen-bond acceptors (Lipinski definition) is 7. The quantitative estimate of drug-likeness (QED) is 0.228. The molecule has 1 aliphatic rings. The Hall–Kier alpha value is -3.00. The zero-order chi connectivity index (χ0) is 26.0. The minimum atomic E-state index is -3.89. The van der Waals surface area contributed by atoms with Crippen LogP contribution in [0, 0.1) is 17.2 Å². The van der Waals surface area contributed by atoms with Crippen molar-refractivity contribution in [1.82, 2.24) is 15.0 Å². The Bertz CT molecular complexity index is 976. The van der Waals surface area contributed by atoms with E-state index in [2.05, 4.69) is 26.6 Å². The third-order valence-corrected chi connectivity index (χ3v) is 5.97. The minimum Gasteiger partial charge on any atom is -0.429 e. The highest BCUT2D eigenvalue weighted by molar-refractivity contribution is 5.24. The second kappa shape index (κ2) is 12.8. The van der Waals surface area contributed by atoms with Crippen LogP contribution in [0.25, 0.3) is 0 Å². The lowest BCUT2D eigenvalue weighted by atomic mass is 9.92. The molecule has 1 fully saturated rings. The Balaban J connectivity index is 1.47. The number of rotatable bonds is 13. The van der Waals surface area contributed by atoms with Crippen LogP contribution >= 0.6 is 0 Å². The number of alkyl halides is 4.